The highest BCUT2D eigenvalue weighted by molar-refractivity contribution is 7.07. The number of thiophene rings is 1. The molecule has 1 atom stereocenters. The molecule has 0 fully saturated rings. The molecule has 1 aromatic heterocycles. The van der Waals surface area contributed by atoms with Crippen LogP contribution >= 0.6 is 11.3 Å². The third-order valence-corrected chi connectivity index (χ3v) is 3.91. The van der Waals surface area contributed by atoms with Gasteiger partial charge in [-0.1, -0.05) is 13.0 Å². The minimum atomic E-state index is -0.261. The first kappa shape index (κ1) is 15.0. The number of ether oxygens (including phenoxy) is 1. The van der Waals surface area contributed by atoms with Crippen LogP contribution in [0.1, 0.15) is 31.0 Å². The van der Waals surface area contributed by atoms with E-state index < -0.39 is 0 Å². The van der Waals surface area contributed by atoms with Gasteiger partial charge in [0.2, 0.25) is 0 Å². The van der Waals surface area contributed by atoms with Crippen LogP contribution in [-0.2, 0) is 6.42 Å². The standard InChI is InChI=1S/C16H20FNOS/c1-3-18-12(2)15-5-4-14(17)10-16(15)19-8-6-13-7-9-20-11-13/h4-5,7,9-12,18H,3,6,8H2,1-2H3. The second-order valence-electron chi connectivity index (χ2n) is 4.69. The Morgan fingerprint density at radius 3 is 2.90 bits per heavy atom. The fraction of sp³-hybridized carbons (Fsp3) is 0.375. The van der Waals surface area contributed by atoms with Gasteiger partial charge >= 0.3 is 0 Å². The molecule has 0 bridgehead atoms. The molecule has 1 heterocycles. The van der Waals surface area contributed by atoms with E-state index in [0.29, 0.717) is 12.4 Å². The normalized spacial score (nSPS) is 12.3. The van der Waals surface area contributed by atoms with E-state index in [2.05, 4.69) is 36.0 Å². The monoisotopic (exact) mass is 293 g/mol. The molecule has 0 spiro atoms. The summed E-state index contributed by atoms with van der Waals surface area (Å²) in [6.45, 7) is 5.54. The minimum Gasteiger partial charge on any atom is -0.493 e. The van der Waals surface area contributed by atoms with E-state index in [1.54, 1.807) is 17.4 Å². The smallest absolute Gasteiger partial charge is 0.126 e. The van der Waals surface area contributed by atoms with Crippen LogP contribution in [0.3, 0.4) is 0 Å². The lowest BCUT2D eigenvalue weighted by Gasteiger charge is -2.17. The van der Waals surface area contributed by atoms with Gasteiger partial charge in [-0.05, 0) is 41.9 Å². The molecule has 0 amide bonds. The van der Waals surface area contributed by atoms with Gasteiger partial charge < -0.3 is 10.1 Å². The third-order valence-electron chi connectivity index (χ3n) is 3.18. The van der Waals surface area contributed by atoms with E-state index in [1.165, 1.54) is 17.7 Å². The maximum atomic E-state index is 13.4. The molecule has 2 rings (SSSR count). The zero-order chi connectivity index (χ0) is 14.4. The molecule has 0 saturated carbocycles. The molecule has 4 heteroatoms. The van der Waals surface area contributed by atoms with Crippen LogP contribution in [0.5, 0.6) is 5.75 Å². The van der Waals surface area contributed by atoms with Crippen LogP contribution in [0.4, 0.5) is 4.39 Å². The molecule has 0 saturated heterocycles. The Kier molecular flexibility index (Phi) is 5.56. The van der Waals surface area contributed by atoms with Crippen molar-refractivity contribution in [3.8, 4) is 5.75 Å². The zero-order valence-electron chi connectivity index (χ0n) is 11.9. The van der Waals surface area contributed by atoms with Gasteiger partial charge in [0.1, 0.15) is 11.6 Å². The average Bonchev–Trinajstić information content (AvgIpc) is 2.92. The van der Waals surface area contributed by atoms with E-state index in [9.17, 15) is 4.39 Å². The topological polar surface area (TPSA) is 21.3 Å². The Morgan fingerprint density at radius 1 is 1.35 bits per heavy atom. The summed E-state index contributed by atoms with van der Waals surface area (Å²) in [7, 11) is 0. The summed E-state index contributed by atoms with van der Waals surface area (Å²) >= 11 is 1.68. The van der Waals surface area contributed by atoms with Gasteiger partial charge in [-0.2, -0.15) is 11.3 Å². The minimum absolute atomic E-state index is 0.150. The quantitative estimate of drug-likeness (QED) is 0.827. The molecular formula is C16H20FNOS. The van der Waals surface area contributed by atoms with Crippen LogP contribution in [0.2, 0.25) is 0 Å². The molecule has 1 aromatic carbocycles. The van der Waals surface area contributed by atoms with Crippen molar-refractivity contribution in [2.24, 2.45) is 0 Å². The van der Waals surface area contributed by atoms with Gasteiger partial charge in [-0.15, -0.1) is 0 Å². The van der Waals surface area contributed by atoms with Crippen molar-refractivity contribution < 1.29 is 9.13 Å². The lowest BCUT2D eigenvalue weighted by Crippen LogP contribution is -2.19. The summed E-state index contributed by atoms with van der Waals surface area (Å²) in [5.41, 5.74) is 2.26. The van der Waals surface area contributed by atoms with Crippen LogP contribution in [0.15, 0.2) is 35.0 Å². The number of hydrogen-bond acceptors (Lipinski definition) is 3. The van der Waals surface area contributed by atoms with E-state index >= 15 is 0 Å². The van der Waals surface area contributed by atoms with Crippen LogP contribution in [-0.4, -0.2) is 13.2 Å². The van der Waals surface area contributed by atoms with Crippen LogP contribution < -0.4 is 10.1 Å². The lowest BCUT2D eigenvalue weighted by molar-refractivity contribution is 0.313. The molecule has 1 N–H and O–H groups in total. The summed E-state index contributed by atoms with van der Waals surface area (Å²) in [5.74, 6) is 0.372. The second kappa shape index (κ2) is 7.41. The predicted molar refractivity (Wildman–Crippen MR) is 82.0 cm³/mol. The largest absolute Gasteiger partial charge is 0.493 e. The first-order valence-corrected chi connectivity index (χ1v) is 7.81. The summed E-state index contributed by atoms with van der Waals surface area (Å²) < 4.78 is 19.2. The summed E-state index contributed by atoms with van der Waals surface area (Å²) in [4.78, 5) is 0. The maximum Gasteiger partial charge on any atom is 0.126 e. The van der Waals surface area contributed by atoms with E-state index in [1.807, 2.05) is 0 Å². The lowest BCUT2D eigenvalue weighted by atomic mass is 10.1. The van der Waals surface area contributed by atoms with Crippen LogP contribution in [0, 0.1) is 5.82 Å². The van der Waals surface area contributed by atoms with Crippen molar-refractivity contribution in [1.29, 1.82) is 0 Å². The van der Waals surface area contributed by atoms with E-state index in [4.69, 9.17) is 4.74 Å². The maximum absolute atomic E-state index is 13.4. The number of hydrogen-bond donors (Lipinski definition) is 1. The Morgan fingerprint density at radius 2 is 2.20 bits per heavy atom. The van der Waals surface area contributed by atoms with Crippen molar-refractivity contribution in [2.75, 3.05) is 13.2 Å². The van der Waals surface area contributed by atoms with Crippen molar-refractivity contribution in [3.63, 3.8) is 0 Å². The molecule has 0 aliphatic carbocycles. The number of halogens is 1. The second-order valence-corrected chi connectivity index (χ2v) is 5.47. The Balaban J connectivity index is 2.03. The summed E-state index contributed by atoms with van der Waals surface area (Å²) in [6, 6.07) is 6.98. The van der Waals surface area contributed by atoms with Gasteiger partial charge in [0.15, 0.2) is 0 Å². The Labute approximate surface area is 123 Å². The summed E-state index contributed by atoms with van der Waals surface area (Å²) in [6.07, 6.45) is 0.842. The van der Waals surface area contributed by atoms with Crippen molar-refractivity contribution in [3.05, 3.63) is 52.0 Å². The molecular weight excluding hydrogens is 273 g/mol. The van der Waals surface area contributed by atoms with E-state index in [-0.39, 0.29) is 11.9 Å². The highest BCUT2D eigenvalue weighted by atomic mass is 32.1. The molecule has 0 aliphatic rings. The number of benzene rings is 1. The summed E-state index contributed by atoms with van der Waals surface area (Å²) in [5, 5.41) is 7.48. The van der Waals surface area contributed by atoms with Gasteiger partial charge in [0, 0.05) is 24.1 Å². The highest BCUT2D eigenvalue weighted by Crippen LogP contribution is 2.26. The third kappa shape index (κ3) is 4.05. The van der Waals surface area contributed by atoms with Gasteiger partial charge in [0.05, 0.1) is 6.61 Å². The average molecular weight is 293 g/mol. The first-order valence-electron chi connectivity index (χ1n) is 6.87. The predicted octanol–water partition coefficient (Wildman–Crippen LogP) is 4.18. The Hall–Kier alpha value is -1.39. The number of nitrogens with one attached hydrogen (secondary N) is 1. The fourth-order valence-electron chi connectivity index (χ4n) is 2.12. The molecule has 1 unspecified atom stereocenters. The van der Waals surface area contributed by atoms with E-state index in [0.717, 1.165) is 18.5 Å². The van der Waals surface area contributed by atoms with Gasteiger partial charge in [-0.25, -0.2) is 4.39 Å². The molecule has 108 valence electrons. The molecule has 2 aromatic rings. The highest BCUT2D eigenvalue weighted by Gasteiger charge is 2.12. The zero-order valence-corrected chi connectivity index (χ0v) is 12.7. The van der Waals surface area contributed by atoms with Crippen molar-refractivity contribution >= 4 is 11.3 Å². The molecule has 20 heavy (non-hydrogen) atoms. The Bertz CT molecular complexity index is 527. The van der Waals surface area contributed by atoms with Gasteiger partial charge in [0.25, 0.3) is 0 Å². The SMILES string of the molecule is CCNC(C)c1ccc(F)cc1OCCc1ccsc1. The molecule has 2 nitrogen and oxygen atoms in total. The van der Waals surface area contributed by atoms with Crippen LogP contribution in [0.25, 0.3) is 0 Å². The molecule has 0 radical (unpaired) electrons. The molecule has 0 aliphatic heterocycles. The number of rotatable bonds is 7. The van der Waals surface area contributed by atoms with Gasteiger partial charge in [-0.3, -0.25) is 0 Å². The first-order chi connectivity index (χ1) is 9.70. The van der Waals surface area contributed by atoms with Crippen molar-refractivity contribution in [2.45, 2.75) is 26.3 Å². The van der Waals surface area contributed by atoms with Crippen molar-refractivity contribution in [1.82, 2.24) is 5.32 Å². The fourth-order valence-corrected chi connectivity index (χ4v) is 2.82.